The minimum Gasteiger partial charge on any atom is -0.487 e. The first-order chi connectivity index (χ1) is 11.5. The maximum atomic E-state index is 12.5. The Hall–Kier alpha value is -2.50. The molecule has 3 rings (SSSR count). The van der Waals surface area contributed by atoms with Gasteiger partial charge in [0.05, 0.1) is 18.8 Å². The molecule has 1 aliphatic heterocycles. The zero-order chi connectivity index (χ0) is 17.1. The van der Waals surface area contributed by atoms with Crippen LogP contribution in [0.3, 0.4) is 0 Å². The van der Waals surface area contributed by atoms with Crippen LogP contribution in [0.5, 0.6) is 5.75 Å². The molecule has 3 heterocycles. The van der Waals surface area contributed by atoms with E-state index in [9.17, 15) is 4.79 Å². The van der Waals surface area contributed by atoms with Crippen molar-refractivity contribution in [3.05, 3.63) is 47.7 Å². The Bertz CT molecular complexity index is 699. The molecule has 1 N–H and O–H groups in total. The van der Waals surface area contributed by atoms with Gasteiger partial charge < -0.3 is 19.4 Å². The lowest BCUT2D eigenvalue weighted by Gasteiger charge is -2.21. The summed E-state index contributed by atoms with van der Waals surface area (Å²) in [6.07, 6.45) is 4.23. The maximum Gasteiger partial charge on any atom is 0.318 e. The minimum absolute atomic E-state index is 0.00756. The first-order valence-corrected chi connectivity index (χ1v) is 8.22. The van der Waals surface area contributed by atoms with Crippen LogP contribution >= 0.6 is 0 Å². The van der Waals surface area contributed by atoms with E-state index in [-0.39, 0.29) is 18.2 Å². The number of carbonyl (C=O) groups is 1. The number of amides is 2. The van der Waals surface area contributed by atoms with E-state index in [1.807, 2.05) is 39.0 Å². The predicted molar refractivity (Wildman–Crippen MR) is 90.0 cm³/mol. The summed E-state index contributed by atoms with van der Waals surface area (Å²) < 4.78 is 11.4. The molecule has 2 amide bonds. The van der Waals surface area contributed by atoms with Crippen molar-refractivity contribution in [2.24, 2.45) is 0 Å². The standard InChI is InChI=1S/C18H23N3O3/c1-12-9-17(14(3)23-12)13(2)20-18(22)21-8-6-16(11-21)24-15-5-4-7-19-10-15/h4-5,7,9-10,13,16H,6,8,11H2,1-3H3,(H,20,22)/t13-,16-/m1/s1. The summed E-state index contributed by atoms with van der Waals surface area (Å²) in [6, 6.07) is 5.53. The van der Waals surface area contributed by atoms with Crippen LogP contribution < -0.4 is 10.1 Å². The molecular formula is C18H23N3O3. The molecule has 0 aromatic carbocycles. The molecule has 1 aliphatic rings. The van der Waals surface area contributed by atoms with Crippen LogP contribution in [0.15, 0.2) is 35.0 Å². The number of ether oxygens (including phenoxy) is 1. The van der Waals surface area contributed by atoms with Crippen molar-refractivity contribution in [2.45, 2.75) is 39.3 Å². The second kappa shape index (κ2) is 6.95. The lowest BCUT2D eigenvalue weighted by Crippen LogP contribution is -2.40. The molecule has 24 heavy (non-hydrogen) atoms. The summed E-state index contributed by atoms with van der Waals surface area (Å²) in [5.74, 6) is 2.44. The van der Waals surface area contributed by atoms with Gasteiger partial charge in [-0.1, -0.05) is 0 Å². The number of urea groups is 1. The summed E-state index contributed by atoms with van der Waals surface area (Å²) in [5.41, 5.74) is 1.02. The maximum absolute atomic E-state index is 12.5. The van der Waals surface area contributed by atoms with Gasteiger partial charge in [0.25, 0.3) is 0 Å². The Balaban J connectivity index is 1.54. The number of furan rings is 1. The summed E-state index contributed by atoms with van der Waals surface area (Å²) in [5, 5.41) is 3.04. The lowest BCUT2D eigenvalue weighted by molar-refractivity contribution is 0.184. The van der Waals surface area contributed by atoms with Gasteiger partial charge in [-0.3, -0.25) is 4.98 Å². The van der Waals surface area contributed by atoms with E-state index in [0.717, 1.165) is 29.3 Å². The average molecular weight is 329 g/mol. The number of rotatable bonds is 4. The Labute approximate surface area is 141 Å². The monoisotopic (exact) mass is 329 g/mol. The lowest BCUT2D eigenvalue weighted by atomic mass is 10.1. The van der Waals surface area contributed by atoms with Gasteiger partial charge in [-0.25, -0.2) is 4.79 Å². The molecule has 6 nitrogen and oxygen atoms in total. The third-order valence-electron chi connectivity index (χ3n) is 4.26. The number of nitrogens with zero attached hydrogens (tertiary/aromatic N) is 2. The molecule has 2 aromatic rings. The number of hydrogen-bond acceptors (Lipinski definition) is 4. The van der Waals surface area contributed by atoms with Crippen molar-refractivity contribution in [1.82, 2.24) is 15.2 Å². The van der Waals surface area contributed by atoms with Crippen molar-refractivity contribution < 1.29 is 13.9 Å². The highest BCUT2D eigenvalue weighted by Crippen LogP contribution is 2.22. The highest BCUT2D eigenvalue weighted by atomic mass is 16.5. The van der Waals surface area contributed by atoms with E-state index in [2.05, 4.69) is 10.3 Å². The fourth-order valence-corrected chi connectivity index (χ4v) is 3.05. The van der Waals surface area contributed by atoms with Crippen LogP contribution in [0.2, 0.25) is 0 Å². The fourth-order valence-electron chi connectivity index (χ4n) is 3.05. The van der Waals surface area contributed by atoms with Crippen molar-refractivity contribution in [2.75, 3.05) is 13.1 Å². The van der Waals surface area contributed by atoms with Crippen LogP contribution in [0, 0.1) is 13.8 Å². The molecule has 0 aliphatic carbocycles. The molecule has 0 unspecified atom stereocenters. The van der Waals surface area contributed by atoms with E-state index in [1.54, 1.807) is 17.3 Å². The Morgan fingerprint density at radius 3 is 3.00 bits per heavy atom. The first-order valence-electron chi connectivity index (χ1n) is 8.22. The van der Waals surface area contributed by atoms with Crippen LogP contribution in [0.4, 0.5) is 4.79 Å². The van der Waals surface area contributed by atoms with E-state index in [1.165, 1.54) is 0 Å². The summed E-state index contributed by atoms with van der Waals surface area (Å²) in [6.45, 7) is 7.06. The molecule has 2 aromatic heterocycles. The van der Waals surface area contributed by atoms with E-state index < -0.39 is 0 Å². The van der Waals surface area contributed by atoms with Crippen molar-refractivity contribution in [3.63, 3.8) is 0 Å². The largest absolute Gasteiger partial charge is 0.487 e. The van der Waals surface area contributed by atoms with Gasteiger partial charge in [-0.05, 0) is 39.0 Å². The first kappa shape index (κ1) is 16.4. The third kappa shape index (κ3) is 3.69. The van der Waals surface area contributed by atoms with Crippen LogP contribution in [0.25, 0.3) is 0 Å². The molecule has 0 saturated carbocycles. The Kier molecular flexibility index (Phi) is 4.74. The topological polar surface area (TPSA) is 67.6 Å². The van der Waals surface area contributed by atoms with Crippen LogP contribution in [0.1, 0.15) is 36.5 Å². The number of aryl methyl sites for hydroxylation is 2. The van der Waals surface area contributed by atoms with Gasteiger partial charge in [0.1, 0.15) is 23.4 Å². The molecule has 1 fully saturated rings. The minimum atomic E-state index is -0.0896. The molecule has 0 spiro atoms. The molecular weight excluding hydrogens is 306 g/mol. The Morgan fingerprint density at radius 1 is 1.50 bits per heavy atom. The van der Waals surface area contributed by atoms with Gasteiger partial charge in [-0.15, -0.1) is 0 Å². The van der Waals surface area contributed by atoms with Gasteiger partial charge >= 0.3 is 6.03 Å². The van der Waals surface area contributed by atoms with Crippen LogP contribution in [-0.2, 0) is 0 Å². The predicted octanol–water partition coefficient (Wildman–Crippen LogP) is 3.22. The zero-order valence-electron chi connectivity index (χ0n) is 14.3. The van der Waals surface area contributed by atoms with Gasteiger partial charge in [-0.2, -0.15) is 0 Å². The van der Waals surface area contributed by atoms with Crippen LogP contribution in [-0.4, -0.2) is 35.1 Å². The molecule has 128 valence electrons. The average Bonchev–Trinajstić information content (AvgIpc) is 3.14. The van der Waals surface area contributed by atoms with E-state index >= 15 is 0 Å². The summed E-state index contributed by atoms with van der Waals surface area (Å²) >= 11 is 0. The molecule has 2 atom stereocenters. The number of nitrogens with one attached hydrogen (secondary N) is 1. The second-order valence-corrected chi connectivity index (χ2v) is 6.20. The summed E-state index contributed by atoms with van der Waals surface area (Å²) in [4.78, 5) is 18.3. The number of carbonyl (C=O) groups excluding carboxylic acids is 1. The Morgan fingerprint density at radius 2 is 2.33 bits per heavy atom. The van der Waals surface area contributed by atoms with Gasteiger partial charge in [0.15, 0.2) is 0 Å². The highest BCUT2D eigenvalue weighted by molar-refractivity contribution is 5.75. The van der Waals surface area contributed by atoms with E-state index in [0.29, 0.717) is 13.1 Å². The molecule has 1 saturated heterocycles. The molecule has 0 bridgehead atoms. The number of pyridine rings is 1. The number of hydrogen-bond donors (Lipinski definition) is 1. The van der Waals surface area contributed by atoms with Crippen molar-refractivity contribution >= 4 is 6.03 Å². The number of likely N-dealkylation sites (tertiary alicyclic amines) is 1. The number of aromatic nitrogens is 1. The second-order valence-electron chi connectivity index (χ2n) is 6.20. The van der Waals surface area contributed by atoms with Gasteiger partial charge in [0, 0.05) is 24.7 Å². The fraction of sp³-hybridized carbons (Fsp3) is 0.444. The highest BCUT2D eigenvalue weighted by Gasteiger charge is 2.28. The van der Waals surface area contributed by atoms with E-state index in [4.69, 9.17) is 9.15 Å². The third-order valence-corrected chi connectivity index (χ3v) is 4.26. The van der Waals surface area contributed by atoms with Crippen molar-refractivity contribution in [3.8, 4) is 5.75 Å². The SMILES string of the molecule is Cc1cc([C@@H](C)NC(=O)N2CC[C@@H](Oc3cccnc3)C2)c(C)o1. The quantitative estimate of drug-likeness (QED) is 0.935. The normalized spacial score (nSPS) is 18.5. The smallest absolute Gasteiger partial charge is 0.318 e. The summed E-state index contributed by atoms with van der Waals surface area (Å²) in [7, 11) is 0. The zero-order valence-corrected chi connectivity index (χ0v) is 14.3. The molecule has 0 radical (unpaired) electrons. The van der Waals surface area contributed by atoms with Gasteiger partial charge in [0.2, 0.25) is 0 Å². The molecule has 6 heteroatoms. The van der Waals surface area contributed by atoms with Crippen molar-refractivity contribution in [1.29, 1.82) is 0 Å².